The molecule has 30 heavy (non-hydrogen) atoms. The minimum Gasteiger partial charge on any atom is -0.465 e. The molecule has 0 bridgehead atoms. The molecule has 9 heteroatoms. The topological polar surface area (TPSA) is 107 Å². The van der Waals surface area contributed by atoms with Crippen LogP contribution in [-0.4, -0.2) is 27.4 Å². The zero-order valence-electron chi connectivity index (χ0n) is 16.2. The van der Waals surface area contributed by atoms with Gasteiger partial charge in [0.2, 0.25) is 15.9 Å². The molecule has 1 aliphatic heterocycles. The molecule has 0 unspecified atom stereocenters. The van der Waals surface area contributed by atoms with Crippen LogP contribution in [0.1, 0.15) is 20.8 Å². The first-order valence-electron chi connectivity index (χ1n) is 8.98. The van der Waals surface area contributed by atoms with Gasteiger partial charge in [-0.1, -0.05) is 30.3 Å². The molecule has 0 spiro atoms. The van der Waals surface area contributed by atoms with Gasteiger partial charge in [-0.2, -0.15) is 0 Å². The lowest BCUT2D eigenvalue weighted by atomic mass is 10.0. The number of methoxy groups -OCH3 is 1. The molecule has 7 nitrogen and oxygen atoms in total. The second-order valence-corrected chi connectivity index (χ2v) is 9.39. The van der Waals surface area contributed by atoms with Gasteiger partial charge < -0.3 is 4.74 Å². The van der Waals surface area contributed by atoms with E-state index in [0.717, 1.165) is 16.8 Å². The van der Waals surface area contributed by atoms with Crippen LogP contribution in [0.3, 0.4) is 0 Å². The Hall–Kier alpha value is -3.01. The van der Waals surface area contributed by atoms with Gasteiger partial charge in [0.05, 0.1) is 24.1 Å². The van der Waals surface area contributed by atoms with Crippen molar-refractivity contribution in [1.29, 1.82) is 0 Å². The van der Waals surface area contributed by atoms with Crippen molar-refractivity contribution in [3.05, 3.63) is 64.5 Å². The quantitative estimate of drug-likeness (QED) is 0.624. The predicted molar refractivity (Wildman–Crippen MR) is 114 cm³/mol. The highest BCUT2D eigenvalue weighted by molar-refractivity contribution is 7.89. The zero-order chi connectivity index (χ0) is 21.6. The summed E-state index contributed by atoms with van der Waals surface area (Å²) in [7, 11) is -2.54. The number of nitrogens with two attached hydrogens (primary N) is 1. The first-order valence-corrected chi connectivity index (χ1v) is 11.3. The highest BCUT2D eigenvalue weighted by Crippen LogP contribution is 2.47. The Morgan fingerprint density at radius 1 is 1.13 bits per heavy atom. The molecule has 3 aromatic rings. The Morgan fingerprint density at radius 3 is 2.43 bits per heavy atom. The number of esters is 1. The summed E-state index contributed by atoms with van der Waals surface area (Å²) < 4.78 is 28.1. The lowest BCUT2D eigenvalue weighted by Gasteiger charge is -2.17. The number of sulfonamides is 1. The van der Waals surface area contributed by atoms with Crippen molar-refractivity contribution in [2.24, 2.45) is 5.14 Å². The van der Waals surface area contributed by atoms with Crippen LogP contribution in [0.5, 0.6) is 0 Å². The number of para-hydroxylation sites is 1. The molecule has 0 saturated heterocycles. The van der Waals surface area contributed by atoms with Gasteiger partial charge in [0.15, 0.2) is 0 Å². The second kappa shape index (κ2) is 7.35. The zero-order valence-corrected chi connectivity index (χ0v) is 17.8. The molecule has 1 aliphatic rings. The molecule has 1 amide bonds. The number of carbonyl (C=O) groups excluding carboxylic acids is 2. The van der Waals surface area contributed by atoms with Gasteiger partial charge in [-0.3, -0.25) is 9.69 Å². The monoisotopic (exact) mass is 442 g/mol. The number of benzene rings is 2. The normalized spacial score (nSPS) is 13.4. The van der Waals surface area contributed by atoms with Crippen molar-refractivity contribution in [2.45, 2.75) is 18.2 Å². The fraction of sp³-hybridized carbons (Fsp3) is 0.143. The highest BCUT2D eigenvalue weighted by atomic mass is 32.2. The number of hydrogen-bond acceptors (Lipinski definition) is 6. The average Bonchev–Trinajstić information content (AvgIpc) is 3.22. The standard InChI is InChI=1S/C21H18N2O5S2/c1-12-18(13-7-9-15(10-8-13)30(22,26)27)19(21(25)28-2)29-20(12)23-16-6-4-3-5-14(16)11-17(23)24/h3-10H,11H2,1-2H3,(H2,22,26,27). The van der Waals surface area contributed by atoms with E-state index < -0.39 is 16.0 Å². The molecule has 2 N–H and O–H groups in total. The number of carbonyl (C=O) groups is 2. The Kier molecular flexibility index (Phi) is 4.97. The first kappa shape index (κ1) is 20.3. The molecule has 2 heterocycles. The van der Waals surface area contributed by atoms with Crippen LogP contribution in [-0.2, 0) is 26.0 Å². The van der Waals surface area contributed by atoms with E-state index in [9.17, 15) is 18.0 Å². The Balaban J connectivity index is 1.89. The molecular formula is C21H18N2O5S2. The van der Waals surface area contributed by atoms with Crippen LogP contribution in [0.25, 0.3) is 11.1 Å². The van der Waals surface area contributed by atoms with E-state index in [0.29, 0.717) is 27.4 Å². The molecule has 0 radical (unpaired) electrons. The van der Waals surface area contributed by atoms with Crippen molar-refractivity contribution in [3.8, 4) is 11.1 Å². The summed E-state index contributed by atoms with van der Waals surface area (Å²) in [6.07, 6.45) is 0.291. The van der Waals surface area contributed by atoms with Gasteiger partial charge in [-0.05, 0) is 41.8 Å². The fourth-order valence-corrected chi connectivity index (χ4v) is 5.38. The molecule has 2 aromatic carbocycles. The van der Waals surface area contributed by atoms with E-state index in [2.05, 4.69) is 0 Å². The fourth-order valence-electron chi connectivity index (χ4n) is 3.59. The van der Waals surface area contributed by atoms with Gasteiger partial charge >= 0.3 is 5.97 Å². The van der Waals surface area contributed by atoms with Gasteiger partial charge in [0.1, 0.15) is 9.88 Å². The first-order chi connectivity index (χ1) is 14.2. The van der Waals surface area contributed by atoms with Crippen LogP contribution in [0, 0.1) is 6.92 Å². The highest BCUT2D eigenvalue weighted by Gasteiger charge is 2.33. The van der Waals surface area contributed by atoms with Crippen molar-refractivity contribution in [3.63, 3.8) is 0 Å². The minimum atomic E-state index is -3.83. The number of primary sulfonamides is 1. The molecule has 4 rings (SSSR count). The molecule has 0 saturated carbocycles. The predicted octanol–water partition coefficient (Wildman–Crippen LogP) is 3.38. The Labute approximate surface area is 177 Å². The van der Waals surface area contributed by atoms with Crippen molar-refractivity contribution in [1.82, 2.24) is 0 Å². The number of anilines is 2. The summed E-state index contributed by atoms with van der Waals surface area (Å²) in [5.74, 6) is -0.604. The van der Waals surface area contributed by atoms with Gasteiger partial charge in [-0.25, -0.2) is 18.4 Å². The average molecular weight is 443 g/mol. The third-order valence-corrected chi connectivity index (χ3v) is 7.18. The summed E-state index contributed by atoms with van der Waals surface area (Å²) in [6.45, 7) is 1.83. The molecule has 0 atom stereocenters. The van der Waals surface area contributed by atoms with E-state index in [1.165, 1.54) is 30.6 Å². The number of amides is 1. The van der Waals surface area contributed by atoms with E-state index in [4.69, 9.17) is 9.88 Å². The third kappa shape index (κ3) is 3.30. The largest absolute Gasteiger partial charge is 0.465 e. The third-order valence-electron chi connectivity index (χ3n) is 4.99. The molecule has 1 aromatic heterocycles. The smallest absolute Gasteiger partial charge is 0.348 e. The maximum atomic E-state index is 12.8. The molecule has 0 fully saturated rings. The Morgan fingerprint density at radius 2 is 1.80 bits per heavy atom. The van der Waals surface area contributed by atoms with Crippen LogP contribution < -0.4 is 10.0 Å². The number of fused-ring (bicyclic) bond motifs is 1. The van der Waals surface area contributed by atoms with E-state index in [1.807, 2.05) is 31.2 Å². The number of hydrogen-bond donors (Lipinski definition) is 1. The number of thiophene rings is 1. The minimum absolute atomic E-state index is 0.0253. The van der Waals surface area contributed by atoms with Crippen molar-refractivity contribution < 1.29 is 22.7 Å². The molecule has 154 valence electrons. The number of ether oxygens (including phenoxy) is 1. The van der Waals surface area contributed by atoms with Crippen LogP contribution in [0.2, 0.25) is 0 Å². The SMILES string of the molecule is COC(=O)c1sc(N2C(=O)Cc3ccccc32)c(C)c1-c1ccc(S(N)(=O)=O)cc1. The molecular weight excluding hydrogens is 424 g/mol. The second-order valence-electron chi connectivity index (χ2n) is 6.83. The van der Waals surface area contributed by atoms with Crippen LogP contribution in [0.4, 0.5) is 10.7 Å². The summed E-state index contributed by atoms with van der Waals surface area (Å²) >= 11 is 1.18. The Bertz CT molecular complexity index is 1280. The van der Waals surface area contributed by atoms with Crippen LogP contribution in [0.15, 0.2) is 53.4 Å². The summed E-state index contributed by atoms with van der Waals surface area (Å²) in [5, 5.41) is 5.81. The maximum absolute atomic E-state index is 12.8. The van der Waals surface area contributed by atoms with Gasteiger partial charge in [-0.15, -0.1) is 11.3 Å². The summed E-state index contributed by atoms with van der Waals surface area (Å²) in [5.41, 5.74) is 3.67. The number of rotatable bonds is 4. The number of nitrogens with zero attached hydrogens (tertiary/aromatic N) is 1. The van der Waals surface area contributed by atoms with Gasteiger partial charge in [0.25, 0.3) is 0 Å². The van der Waals surface area contributed by atoms with Crippen molar-refractivity contribution in [2.75, 3.05) is 12.0 Å². The maximum Gasteiger partial charge on any atom is 0.348 e. The van der Waals surface area contributed by atoms with Crippen LogP contribution >= 0.6 is 11.3 Å². The van der Waals surface area contributed by atoms with E-state index in [-0.39, 0.29) is 10.8 Å². The van der Waals surface area contributed by atoms with Crippen molar-refractivity contribution >= 4 is 43.9 Å². The van der Waals surface area contributed by atoms with E-state index in [1.54, 1.807) is 17.0 Å². The lowest BCUT2D eigenvalue weighted by Crippen LogP contribution is -2.20. The molecule has 0 aliphatic carbocycles. The summed E-state index contributed by atoms with van der Waals surface area (Å²) in [4.78, 5) is 27.2. The lowest BCUT2D eigenvalue weighted by molar-refractivity contribution is -0.116. The summed E-state index contributed by atoms with van der Waals surface area (Å²) in [6, 6.07) is 13.5. The van der Waals surface area contributed by atoms with E-state index >= 15 is 0 Å². The van der Waals surface area contributed by atoms with Gasteiger partial charge in [0, 0.05) is 5.56 Å².